The molecule has 0 unspecified atom stereocenters. The van der Waals surface area contributed by atoms with Crippen molar-refractivity contribution in [3.8, 4) is 0 Å². The first-order valence-corrected chi connectivity index (χ1v) is 6.53. The van der Waals surface area contributed by atoms with E-state index in [1.807, 2.05) is 0 Å². The first-order chi connectivity index (χ1) is 10.3. The van der Waals surface area contributed by atoms with Gasteiger partial charge in [-0.25, -0.2) is 0 Å². The summed E-state index contributed by atoms with van der Waals surface area (Å²) >= 11 is 0. The maximum absolute atomic E-state index is 10.1. The predicted octanol–water partition coefficient (Wildman–Crippen LogP) is -0.525. The van der Waals surface area contributed by atoms with E-state index >= 15 is 0 Å². The van der Waals surface area contributed by atoms with E-state index in [1.54, 1.807) is 50.2 Å². The number of rotatable bonds is 2. The van der Waals surface area contributed by atoms with Gasteiger partial charge in [0.25, 0.3) is 0 Å². The minimum Gasteiger partial charge on any atom is -0.852 e. The molecule has 0 aliphatic carbocycles. The molecular weight excluding hydrogens is 311 g/mol. The largest absolute Gasteiger partial charge is 3.00 e. The summed E-state index contributed by atoms with van der Waals surface area (Å²) in [5.74, 6) is -2.26. The molecule has 2 aromatic rings. The molecule has 5 nitrogen and oxygen atoms in total. The number of carboxylic acids is 2. The van der Waals surface area contributed by atoms with Crippen molar-refractivity contribution >= 4 is 29.3 Å². The van der Waals surface area contributed by atoms with E-state index in [1.165, 1.54) is 24.3 Å². The molecule has 0 spiro atoms. The fraction of sp³-hybridized carbons (Fsp3) is 0.176. The standard InChI is InChI=1S/2C7H6O2.C3H7O.Al/c2*8-7(9)6-4-2-1-3-5-6;1-3(2)4;/h2*1-5H,(H,8,9);3H,1-2H3;/q;;-1;+3/p-2. The van der Waals surface area contributed by atoms with Gasteiger partial charge in [0.2, 0.25) is 0 Å². The monoisotopic (exact) mass is 328 g/mol. The molecule has 0 fully saturated rings. The van der Waals surface area contributed by atoms with Crippen molar-refractivity contribution in [2.45, 2.75) is 20.0 Å². The minimum absolute atomic E-state index is 0. The summed E-state index contributed by atoms with van der Waals surface area (Å²) in [6, 6.07) is 16.1. The SMILES string of the molecule is CC(C)[O-].O=C([O-])c1ccccc1.O=C([O-])c1ccccc1.[Al+3]. The van der Waals surface area contributed by atoms with Crippen molar-refractivity contribution in [2.75, 3.05) is 0 Å². The normalized spacial score (nSPS) is 8.52. The van der Waals surface area contributed by atoms with E-state index in [2.05, 4.69) is 0 Å². The zero-order valence-electron chi connectivity index (χ0n) is 13.0. The van der Waals surface area contributed by atoms with Gasteiger partial charge in [-0.15, -0.1) is 6.10 Å². The molecule has 118 valence electrons. The first kappa shape index (κ1) is 23.1. The van der Waals surface area contributed by atoms with Crippen LogP contribution in [0.3, 0.4) is 0 Å². The number of hydrogen-bond donors (Lipinski definition) is 0. The van der Waals surface area contributed by atoms with Crippen LogP contribution in [0, 0.1) is 0 Å². The molecule has 0 saturated carbocycles. The number of benzene rings is 2. The molecule has 0 amide bonds. The Kier molecular flexibility index (Phi) is 13.6. The van der Waals surface area contributed by atoms with E-state index in [-0.39, 0.29) is 28.5 Å². The second kappa shape index (κ2) is 13.5. The van der Waals surface area contributed by atoms with Gasteiger partial charge in [0.15, 0.2) is 0 Å². The summed E-state index contributed by atoms with van der Waals surface area (Å²) in [6.45, 7) is 3.22. The minimum atomic E-state index is -1.13. The quantitative estimate of drug-likeness (QED) is 0.690. The Labute approximate surface area is 146 Å². The van der Waals surface area contributed by atoms with Gasteiger partial charge in [-0.3, -0.25) is 0 Å². The van der Waals surface area contributed by atoms with Gasteiger partial charge in [-0.2, -0.15) is 0 Å². The number of carbonyl (C=O) groups excluding carboxylic acids is 2. The van der Waals surface area contributed by atoms with Crippen molar-refractivity contribution in [1.29, 1.82) is 0 Å². The molecule has 0 aliphatic heterocycles. The van der Waals surface area contributed by atoms with Gasteiger partial charge in [0.1, 0.15) is 0 Å². The fourth-order valence-corrected chi connectivity index (χ4v) is 1.15. The molecule has 0 atom stereocenters. The van der Waals surface area contributed by atoms with E-state index in [4.69, 9.17) is 0 Å². The van der Waals surface area contributed by atoms with Crippen LogP contribution in [0.15, 0.2) is 60.7 Å². The molecule has 0 radical (unpaired) electrons. The Morgan fingerprint density at radius 2 is 0.957 bits per heavy atom. The zero-order valence-corrected chi connectivity index (χ0v) is 14.1. The van der Waals surface area contributed by atoms with Gasteiger partial charge in [0, 0.05) is 0 Å². The Morgan fingerprint density at radius 1 is 0.739 bits per heavy atom. The third-order valence-corrected chi connectivity index (χ3v) is 2.02. The Balaban J connectivity index is 0. The average molecular weight is 328 g/mol. The van der Waals surface area contributed by atoms with Gasteiger partial charge in [-0.05, 0) is 11.1 Å². The predicted molar refractivity (Wildman–Crippen MR) is 82.4 cm³/mol. The molecule has 0 bridgehead atoms. The Hall–Kier alpha value is -2.13. The van der Waals surface area contributed by atoms with Crippen LogP contribution in [0.25, 0.3) is 0 Å². The number of hydrogen-bond acceptors (Lipinski definition) is 5. The van der Waals surface area contributed by atoms with Crippen LogP contribution in [-0.2, 0) is 0 Å². The number of carbonyl (C=O) groups is 2. The van der Waals surface area contributed by atoms with Crippen LogP contribution in [0.1, 0.15) is 34.6 Å². The maximum atomic E-state index is 10.1. The second-order valence-corrected chi connectivity index (χ2v) is 4.36. The van der Waals surface area contributed by atoms with E-state index in [0.29, 0.717) is 0 Å². The van der Waals surface area contributed by atoms with Crippen molar-refractivity contribution in [3.63, 3.8) is 0 Å². The van der Waals surface area contributed by atoms with Crippen LogP contribution in [0.2, 0.25) is 0 Å². The molecule has 2 aromatic carbocycles. The van der Waals surface area contributed by atoms with Crippen molar-refractivity contribution in [1.82, 2.24) is 0 Å². The second-order valence-electron chi connectivity index (χ2n) is 4.36. The molecule has 2 rings (SSSR count). The molecule has 0 N–H and O–H groups in total. The topological polar surface area (TPSA) is 103 Å². The van der Waals surface area contributed by atoms with Crippen LogP contribution in [0.5, 0.6) is 0 Å². The van der Waals surface area contributed by atoms with Crippen LogP contribution >= 0.6 is 0 Å². The zero-order chi connectivity index (χ0) is 17.0. The maximum Gasteiger partial charge on any atom is 3.00 e. The molecule has 0 heterocycles. The van der Waals surface area contributed by atoms with Crippen LogP contribution in [-0.4, -0.2) is 35.4 Å². The van der Waals surface area contributed by atoms with Crippen molar-refractivity contribution < 1.29 is 24.9 Å². The third-order valence-electron chi connectivity index (χ3n) is 2.02. The summed E-state index contributed by atoms with van der Waals surface area (Å²) < 4.78 is 0. The molecule has 0 aromatic heterocycles. The van der Waals surface area contributed by atoms with Gasteiger partial charge >= 0.3 is 17.4 Å². The number of carboxylic acid groups (broad SMARTS) is 2. The Bertz CT molecular complexity index is 503. The van der Waals surface area contributed by atoms with E-state index in [0.717, 1.165) is 0 Å². The molecular formula is C17H17AlO5. The van der Waals surface area contributed by atoms with Gasteiger partial charge in [-0.1, -0.05) is 74.5 Å². The first-order valence-electron chi connectivity index (χ1n) is 6.53. The smallest absolute Gasteiger partial charge is 0.852 e. The average Bonchev–Trinajstić information content (AvgIpc) is 2.49. The number of aromatic carboxylic acids is 2. The van der Waals surface area contributed by atoms with Crippen molar-refractivity contribution in [3.05, 3.63) is 71.8 Å². The molecule has 0 saturated heterocycles. The summed E-state index contributed by atoms with van der Waals surface area (Å²) in [4.78, 5) is 20.2. The van der Waals surface area contributed by atoms with Crippen molar-refractivity contribution in [2.24, 2.45) is 0 Å². The third kappa shape index (κ3) is 13.3. The van der Waals surface area contributed by atoms with E-state index < -0.39 is 18.0 Å². The molecule has 0 aliphatic rings. The van der Waals surface area contributed by atoms with Crippen LogP contribution in [0.4, 0.5) is 0 Å². The Morgan fingerprint density at radius 3 is 1.09 bits per heavy atom. The van der Waals surface area contributed by atoms with Crippen LogP contribution < -0.4 is 15.3 Å². The molecule has 23 heavy (non-hydrogen) atoms. The summed E-state index contributed by atoms with van der Waals surface area (Å²) in [5.41, 5.74) is 0.440. The summed E-state index contributed by atoms with van der Waals surface area (Å²) in [6.07, 6.45) is -0.417. The van der Waals surface area contributed by atoms with E-state index in [9.17, 15) is 24.9 Å². The van der Waals surface area contributed by atoms with Gasteiger partial charge in [0.05, 0.1) is 11.9 Å². The fourth-order valence-electron chi connectivity index (χ4n) is 1.15. The molecule has 6 heteroatoms. The van der Waals surface area contributed by atoms with Gasteiger partial charge < -0.3 is 24.9 Å². The summed E-state index contributed by atoms with van der Waals surface area (Å²) in [7, 11) is 0. The summed E-state index contributed by atoms with van der Waals surface area (Å²) in [5, 5.41) is 29.7.